The Morgan fingerprint density at radius 1 is 0.871 bits per heavy atom. The third-order valence-electron chi connectivity index (χ3n) is 4.82. The molecule has 0 N–H and O–H groups in total. The molecule has 6 heteroatoms. The lowest BCUT2D eigenvalue weighted by molar-refractivity contribution is 0.327. The van der Waals surface area contributed by atoms with Gasteiger partial charge in [-0.2, -0.15) is 5.26 Å². The summed E-state index contributed by atoms with van der Waals surface area (Å²) in [4.78, 5) is 15.3. The van der Waals surface area contributed by atoms with Crippen LogP contribution in [0.15, 0.2) is 91.6 Å². The van der Waals surface area contributed by atoms with Crippen LogP contribution in [0.25, 0.3) is 0 Å². The Kier molecular flexibility index (Phi) is 6.15. The molecule has 152 valence electrons. The third-order valence-corrected chi connectivity index (χ3v) is 4.82. The average Bonchev–Trinajstić information content (AvgIpc) is 2.84. The van der Waals surface area contributed by atoms with Crippen LogP contribution in [0.1, 0.15) is 29.7 Å². The van der Waals surface area contributed by atoms with Crippen LogP contribution in [-0.2, 0) is 0 Å². The molecule has 31 heavy (non-hydrogen) atoms. The minimum Gasteiger partial charge on any atom is -0.478 e. The second kappa shape index (κ2) is 9.51. The van der Waals surface area contributed by atoms with E-state index in [-0.39, 0.29) is 6.04 Å². The molecule has 0 aliphatic carbocycles. The highest BCUT2D eigenvalue weighted by molar-refractivity contribution is 5.67. The van der Waals surface area contributed by atoms with Gasteiger partial charge in [-0.05, 0) is 60.5 Å². The van der Waals surface area contributed by atoms with Crippen LogP contribution in [0.3, 0.4) is 0 Å². The molecule has 0 amide bonds. The van der Waals surface area contributed by atoms with Crippen molar-refractivity contribution >= 4 is 11.4 Å². The third kappa shape index (κ3) is 4.51. The zero-order valence-electron chi connectivity index (χ0n) is 17.1. The molecule has 0 spiro atoms. The van der Waals surface area contributed by atoms with Crippen molar-refractivity contribution in [2.75, 3.05) is 11.5 Å². The molecule has 0 radical (unpaired) electrons. The number of pyridine rings is 3. The van der Waals surface area contributed by atoms with Gasteiger partial charge in [-0.3, -0.25) is 9.97 Å². The minimum absolute atomic E-state index is 0.199. The van der Waals surface area contributed by atoms with Crippen molar-refractivity contribution in [3.05, 3.63) is 108 Å². The Hall–Kier alpha value is -4.24. The van der Waals surface area contributed by atoms with E-state index in [1.54, 1.807) is 18.6 Å². The van der Waals surface area contributed by atoms with Gasteiger partial charge in [-0.15, -0.1) is 0 Å². The predicted molar refractivity (Wildman–Crippen MR) is 119 cm³/mol. The maximum atomic E-state index is 9.23. The van der Waals surface area contributed by atoms with E-state index < -0.39 is 0 Å². The lowest BCUT2D eigenvalue weighted by atomic mass is 9.98. The van der Waals surface area contributed by atoms with Crippen molar-refractivity contribution in [3.63, 3.8) is 0 Å². The van der Waals surface area contributed by atoms with Gasteiger partial charge in [0.25, 0.3) is 0 Å². The monoisotopic (exact) mass is 407 g/mol. The van der Waals surface area contributed by atoms with E-state index >= 15 is 0 Å². The van der Waals surface area contributed by atoms with Crippen LogP contribution in [0, 0.1) is 11.3 Å². The summed E-state index contributed by atoms with van der Waals surface area (Å²) in [7, 11) is 0. The summed E-state index contributed by atoms with van der Waals surface area (Å²) < 4.78 is 5.52. The van der Waals surface area contributed by atoms with E-state index in [2.05, 4.69) is 25.9 Å². The molecule has 4 rings (SSSR count). The Balaban J connectivity index is 1.89. The molecule has 3 heterocycles. The first-order valence-corrected chi connectivity index (χ1v) is 9.98. The molecule has 0 unspecified atom stereocenters. The number of ether oxygens (including phenoxy) is 1. The van der Waals surface area contributed by atoms with Crippen LogP contribution < -0.4 is 9.64 Å². The Morgan fingerprint density at radius 3 is 2.00 bits per heavy atom. The number of benzene rings is 1. The highest BCUT2D eigenvalue weighted by atomic mass is 16.5. The average molecular weight is 407 g/mol. The Bertz CT molecular complexity index is 1100. The Labute approximate surface area is 181 Å². The number of hydrogen-bond donors (Lipinski definition) is 0. The molecule has 0 bridgehead atoms. The molecule has 0 atom stereocenters. The van der Waals surface area contributed by atoms with Gasteiger partial charge in [0.05, 0.1) is 36.2 Å². The fourth-order valence-corrected chi connectivity index (χ4v) is 3.46. The summed E-state index contributed by atoms with van der Waals surface area (Å²) in [6.07, 6.45) is 9.03. The number of nitrogens with zero attached hydrogens (tertiary/aromatic N) is 5. The van der Waals surface area contributed by atoms with Gasteiger partial charge < -0.3 is 9.64 Å². The van der Waals surface area contributed by atoms with Crippen LogP contribution in [0.4, 0.5) is 11.4 Å². The summed E-state index contributed by atoms with van der Waals surface area (Å²) >= 11 is 0. The maximum Gasteiger partial charge on any atom is 0.213 e. The lowest BCUT2D eigenvalue weighted by Gasteiger charge is -2.34. The highest BCUT2D eigenvalue weighted by Crippen LogP contribution is 2.39. The molecular weight excluding hydrogens is 386 g/mol. The zero-order valence-corrected chi connectivity index (χ0v) is 17.1. The van der Waals surface area contributed by atoms with Gasteiger partial charge in [-0.1, -0.05) is 12.1 Å². The number of hydrogen-bond acceptors (Lipinski definition) is 6. The maximum absolute atomic E-state index is 9.23. The van der Waals surface area contributed by atoms with Crippen LogP contribution in [0.2, 0.25) is 0 Å². The van der Waals surface area contributed by atoms with E-state index in [0.717, 1.165) is 22.5 Å². The van der Waals surface area contributed by atoms with Crippen LogP contribution >= 0.6 is 0 Å². The van der Waals surface area contributed by atoms with Gasteiger partial charge in [0.1, 0.15) is 0 Å². The summed E-state index contributed by atoms with van der Waals surface area (Å²) in [6, 6.07) is 21.3. The predicted octanol–water partition coefficient (Wildman–Crippen LogP) is 5.07. The SMILES string of the molecule is CCOc1ccc(N(c2ccc(C#N)cc2)C(c2cccnc2)c2cccnc2)cn1. The van der Waals surface area contributed by atoms with E-state index in [9.17, 15) is 5.26 Å². The first-order chi connectivity index (χ1) is 15.3. The fraction of sp³-hybridized carbons (Fsp3) is 0.120. The molecule has 0 saturated carbocycles. The fourth-order valence-electron chi connectivity index (χ4n) is 3.46. The number of aromatic nitrogens is 3. The topological polar surface area (TPSA) is 74.9 Å². The largest absolute Gasteiger partial charge is 0.478 e. The van der Waals surface area contributed by atoms with Gasteiger partial charge in [0.15, 0.2) is 0 Å². The molecule has 1 aromatic carbocycles. The van der Waals surface area contributed by atoms with E-state index in [4.69, 9.17) is 4.74 Å². The summed E-state index contributed by atoms with van der Waals surface area (Å²) in [5, 5.41) is 9.23. The molecule has 4 aromatic rings. The van der Waals surface area contributed by atoms with Crippen molar-refractivity contribution in [3.8, 4) is 11.9 Å². The highest BCUT2D eigenvalue weighted by Gasteiger charge is 2.25. The van der Waals surface area contributed by atoms with Crippen molar-refractivity contribution in [2.45, 2.75) is 13.0 Å². The summed E-state index contributed by atoms with van der Waals surface area (Å²) in [5.41, 5.74) is 4.42. The van der Waals surface area contributed by atoms with Gasteiger partial charge >= 0.3 is 0 Å². The summed E-state index contributed by atoms with van der Waals surface area (Å²) in [5.74, 6) is 0.574. The molecule has 0 aliphatic rings. The van der Waals surface area contributed by atoms with Gasteiger partial charge in [-0.25, -0.2) is 4.98 Å². The van der Waals surface area contributed by atoms with Crippen molar-refractivity contribution in [1.82, 2.24) is 15.0 Å². The van der Waals surface area contributed by atoms with E-state index in [0.29, 0.717) is 18.1 Å². The van der Waals surface area contributed by atoms with Crippen molar-refractivity contribution < 1.29 is 4.74 Å². The van der Waals surface area contributed by atoms with Crippen molar-refractivity contribution in [2.24, 2.45) is 0 Å². The van der Waals surface area contributed by atoms with Gasteiger partial charge in [0, 0.05) is 36.5 Å². The number of rotatable bonds is 7. The van der Waals surface area contributed by atoms with Gasteiger partial charge in [0.2, 0.25) is 5.88 Å². The molecule has 0 saturated heterocycles. The summed E-state index contributed by atoms with van der Waals surface area (Å²) in [6.45, 7) is 2.49. The minimum atomic E-state index is -0.199. The second-order valence-corrected chi connectivity index (χ2v) is 6.79. The quantitative estimate of drug-likeness (QED) is 0.426. The molecule has 3 aromatic heterocycles. The normalized spacial score (nSPS) is 10.5. The first-order valence-electron chi connectivity index (χ1n) is 9.98. The molecule has 0 aliphatic heterocycles. The Morgan fingerprint density at radius 2 is 1.52 bits per heavy atom. The van der Waals surface area contributed by atoms with Crippen LogP contribution in [0.5, 0.6) is 5.88 Å². The standard InChI is InChI=1S/C25H21N5O/c1-2-31-24-12-11-23(18-29-24)30(22-9-7-19(15-26)8-10-22)25(20-5-3-13-27-16-20)21-6-4-14-28-17-21/h3-14,16-18,25H,2H2,1H3. The molecular formula is C25H21N5O. The van der Waals surface area contributed by atoms with Crippen molar-refractivity contribution in [1.29, 1.82) is 5.26 Å². The molecule has 0 fully saturated rings. The van der Waals surface area contributed by atoms with E-state index in [1.807, 2.05) is 80.0 Å². The number of anilines is 2. The zero-order chi connectivity index (χ0) is 21.5. The first kappa shape index (κ1) is 20.0. The van der Waals surface area contributed by atoms with Crippen LogP contribution in [-0.4, -0.2) is 21.6 Å². The van der Waals surface area contributed by atoms with E-state index in [1.165, 1.54) is 0 Å². The lowest BCUT2D eigenvalue weighted by Crippen LogP contribution is -2.25. The second-order valence-electron chi connectivity index (χ2n) is 6.79. The smallest absolute Gasteiger partial charge is 0.213 e. The number of nitriles is 1. The molecule has 6 nitrogen and oxygen atoms in total.